The molecule has 0 spiro atoms. The van der Waals surface area contributed by atoms with Gasteiger partial charge in [0.25, 0.3) is 5.91 Å². The first-order valence-corrected chi connectivity index (χ1v) is 8.77. The van der Waals surface area contributed by atoms with E-state index in [1.807, 2.05) is 12.1 Å². The number of aryl methyl sites for hydroxylation is 1. The minimum absolute atomic E-state index is 0.118. The third-order valence-corrected chi connectivity index (χ3v) is 5.62. The quantitative estimate of drug-likeness (QED) is 0.894. The monoisotopic (exact) mass is 315 g/mol. The maximum Gasteiger partial charge on any atom is 0.279 e. The first-order valence-electron chi connectivity index (χ1n) is 7.89. The average Bonchev–Trinajstić information content (AvgIpc) is 3.14. The van der Waals surface area contributed by atoms with Gasteiger partial charge in [0.15, 0.2) is 6.54 Å². The van der Waals surface area contributed by atoms with Gasteiger partial charge < -0.3 is 10.2 Å². The molecule has 1 aromatic carbocycles. The number of hydrogen-bond donors (Lipinski definition) is 2. The Balaban J connectivity index is 1.65. The van der Waals surface area contributed by atoms with Crippen molar-refractivity contribution in [2.45, 2.75) is 32.7 Å². The molecule has 2 N–H and O–H groups in total. The molecule has 4 heteroatoms. The molecular weight excluding hydrogens is 292 g/mol. The molecule has 1 fully saturated rings. The number of benzene rings is 1. The normalized spacial score (nSPS) is 21.0. The number of nitrogens with one attached hydrogen (secondary N) is 2. The zero-order valence-corrected chi connectivity index (χ0v) is 14.0. The molecule has 2 heterocycles. The van der Waals surface area contributed by atoms with Crippen LogP contribution in [-0.4, -0.2) is 19.0 Å². The van der Waals surface area contributed by atoms with Crippen molar-refractivity contribution in [2.24, 2.45) is 0 Å². The first kappa shape index (κ1) is 15.3. The van der Waals surface area contributed by atoms with Crippen LogP contribution in [0, 0.1) is 13.8 Å². The summed E-state index contributed by atoms with van der Waals surface area (Å²) in [5.41, 5.74) is 3.31. The van der Waals surface area contributed by atoms with Crippen molar-refractivity contribution < 1.29 is 9.69 Å². The summed E-state index contributed by atoms with van der Waals surface area (Å²) in [6.07, 6.45) is 2.39. The van der Waals surface area contributed by atoms with E-state index in [4.69, 9.17) is 0 Å². The fourth-order valence-electron chi connectivity index (χ4n) is 3.24. The molecule has 3 rings (SSSR count). The minimum atomic E-state index is 0.118. The predicted molar refractivity (Wildman–Crippen MR) is 91.5 cm³/mol. The highest BCUT2D eigenvalue weighted by Crippen LogP contribution is 2.23. The lowest BCUT2D eigenvalue weighted by Crippen LogP contribution is -3.11. The molecule has 22 heavy (non-hydrogen) atoms. The molecule has 1 aliphatic heterocycles. The van der Waals surface area contributed by atoms with E-state index in [1.165, 1.54) is 28.2 Å². The smallest absolute Gasteiger partial charge is 0.279 e. The Morgan fingerprint density at radius 1 is 1.32 bits per heavy atom. The molecule has 0 bridgehead atoms. The van der Waals surface area contributed by atoms with Gasteiger partial charge in [-0.3, -0.25) is 4.79 Å². The van der Waals surface area contributed by atoms with Crippen LogP contribution in [0.15, 0.2) is 35.7 Å². The highest BCUT2D eigenvalue weighted by Gasteiger charge is 2.32. The number of amides is 1. The van der Waals surface area contributed by atoms with E-state index in [-0.39, 0.29) is 5.91 Å². The summed E-state index contributed by atoms with van der Waals surface area (Å²) in [7, 11) is 0. The number of carbonyl (C=O) groups is 1. The fourth-order valence-corrected chi connectivity index (χ4v) is 4.16. The molecule has 2 atom stereocenters. The van der Waals surface area contributed by atoms with Crippen LogP contribution < -0.4 is 10.2 Å². The number of hydrogen-bond acceptors (Lipinski definition) is 2. The molecular formula is C18H23N2OS+. The third kappa shape index (κ3) is 3.23. The molecule has 1 amide bonds. The molecule has 0 saturated carbocycles. The van der Waals surface area contributed by atoms with Crippen LogP contribution in [0.2, 0.25) is 0 Å². The topological polar surface area (TPSA) is 33.5 Å². The van der Waals surface area contributed by atoms with Crippen LogP contribution in [0.5, 0.6) is 0 Å². The summed E-state index contributed by atoms with van der Waals surface area (Å²) in [5.74, 6) is 0.118. The highest BCUT2D eigenvalue weighted by atomic mass is 32.1. The van der Waals surface area contributed by atoms with Crippen LogP contribution in [0.1, 0.15) is 34.9 Å². The molecule has 1 aromatic heterocycles. The van der Waals surface area contributed by atoms with Gasteiger partial charge in [0.2, 0.25) is 0 Å². The summed E-state index contributed by atoms with van der Waals surface area (Å²) in [6.45, 7) is 5.77. The van der Waals surface area contributed by atoms with E-state index < -0.39 is 0 Å². The maximum atomic E-state index is 12.4. The number of anilines is 1. The number of rotatable bonds is 4. The van der Waals surface area contributed by atoms with Crippen molar-refractivity contribution in [3.8, 4) is 0 Å². The molecule has 1 aliphatic rings. The van der Waals surface area contributed by atoms with Crippen molar-refractivity contribution in [1.29, 1.82) is 0 Å². The van der Waals surface area contributed by atoms with Crippen molar-refractivity contribution >= 4 is 22.9 Å². The van der Waals surface area contributed by atoms with E-state index in [9.17, 15) is 4.79 Å². The Bertz CT molecular complexity index is 651. The van der Waals surface area contributed by atoms with Crippen molar-refractivity contribution in [2.75, 3.05) is 18.4 Å². The third-order valence-electron chi connectivity index (χ3n) is 4.64. The standard InChI is InChI=1S/C18H22N2OS/c1-13-6-3-7-15(14(13)2)19-18(21)12-20-10-4-8-16(20)17-9-5-11-22-17/h3,5-7,9,11,16H,4,8,10,12H2,1-2H3,(H,19,21)/p+1/t16-/m0/s1. The Kier molecular flexibility index (Phi) is 4.60. The number of quaternary nitrogens is 1. The van der Waals surface area contributed by atoms with Crippen LogP contribution in [0.4, 0.5) is 5.69 Å². The molecule has 0 radical (unpaired) electrons. The molecule has 2 aromatic rings. The first-order chi connectivity index (χ1) is 10.6. The molecule has 1 unspecified atom stereocenters. The Morgan fingerprint density at radius 3 is 2.95 bits per heavy atom. The Labute approximate surface area is 136 Å². The van der Waals surface area contributed by atoms with Crippen molar-refractivity contribution in [3.63, 3.8) is 0 Å². The van der Waals surface area contributed by atoms with E-state index in [0.717, 1.165) is 17.8 Å². The lowest BCUT2D eigenvalue weighted by Gasteiger charge is -2.20. The summed E-state index contributed by atoms with van der Waals surface area (Å²) < 4.78 is 0. The van der Waals surface area contributed by atoms with Crippen LogP contribution in [-0.2, 0) is 4.79 Å². The van der Waals surface area contributed by atoms with Gasteiger partial charge in [0.05, 0.1) is 11.4 Å². The van der Waals surface area contributed by atoms with Crippen molar-refractivity contribution in [3.05, 3.63) is 51.7 Å². The highest BCUT2D eigenvalue weighted by molar-refractivity contribution is 7.10. The number of likely N-dealkylation sites (tertiary alicyclic amines) is 1. The van der Waals surface area contributed by atoms with E-state index >= 15 is 0 Å². The SMILES string of the molecule is Cc1cccc(NC(=O)C[NH+]2CCC[C@H]2c2cccs2)c1C. The molecule has 116 valence electrons. The molecule has 0 aliphatic carbocycles. The van der Waals surface area contributed by atoms with Gasteiger partial charge in [0, 0.05) is 18.5 Å². The minimum Gasteiger partial charge on any atom is -0.321 e. The molecule has 3 nitrogen and oxygen atoms in total. The number of thiophene rings is 1. The predicted octanol–water partition coefficient (Wildman–Crippen LogP) is 2.72. The lowest BCUT2D eigenvalue weighted by atomic mass is 10.1. The Morgan fingerprint density at radius 2 is 2.18 bits per heavy atom. The average molecular weight is 315 g/mol. The second-order valence-corrected chi connectivity index (χ2v) is 7.07. The summed E-state index contributed by atoms with van der Waals surface area (Å²) in [6, 6.07) is 10.8. The summed E-state index contributed by atoms with van der Waals surface area (Å²) >= 11 is 1.81. The van der Waals surface area contributed by atoms with Gasteiger partial charge in [-0.1, -0.05) is 18.2 Å². The van der Waals surface area contributed by atoms with Gasteiger partial charge in [-0.25, -0.2) is 0 Å². The van der Waals surface area contributed by atoms with Gasteiger partial charge in [0.1, 0.15) is 6.04 Å². The lowest BCUT2D eigenvalue weighted by molar-refractivity contribution is -0.910. The van der Waals surface area contributed by atoms with E-state index in [2.05, 4.69) is 42.7 Å². The van der Waals surface area contributed by atoms with Gasteiger partial charge in [-0.15, -0.1) is 11.3 Å². The van der Waals surface area contributed by atoms with Crippen LogP contribution in [0.3, 0.4) is 0 Å². The van der Waals surface area contributed by atoms with Gasteiger partial charge >= 0.3 is 0 Å². The van der Waals surface area contributed by atoms with E-state index in [0.29, 0.717) is 12.6 Å². The zero-order valence-electron chi connectivity index (χ0n) is 13.2. The fraction of sp³-hybridized carbons (Fsp3) is 0.389. The second kappa shape index (κ2) is 6.63. The summed E-state index contributed by atoms with van der Waals surface area (Å²) in [5, 5.41) is 5.21. The Hall–Kier alpha value is -1.65. The van der Waals surface area contributed by atoms with Crippen LogP contribution in [0.25, 0.3) is 0 Å². The summed E-state index contributed by atoms with van der Waals surface area (Å²) in [4.78, 5) is 15.2. The van der Waals surface area contributed by atoms with Crippen molar-refractivity contribution in [1.82, 2.24) is 0 Å². The van der Waals surface area contributed by atoms with Gasteiger partial charge in [-0.05, 0) is 42.5 Å². The van der Waals surface area contributed by atoms with Gasteiger partial charge in [-0.2, -0.15) is 0 Å². The largest absolute Gasteiger partial charge is 0.321 e. The zero-order chi connectivity index (χ0) is 15.5. The molecule has 1 saturated heterocycles. The second-order valence-electron chi connectivity index (χ2n) is 6.09. The van der Waals surface area contributed by atoms with E-state index in [1.54, 1.807) is 11.3 Å². The number of carbonyl (C=O) groups excluding carboxylic acids is 1. The maximum absolute atomic E-state index is 12.4. The van der Waals surface area contributed by atoms with Crippen LogP contribution >= 0.6 is 11.3 Å².